The molecule has 0 bridgehead atoms. The van der Waals surface area contributed by atoms with E-state index in [4.69, 9.17) is 5.26 Å². The van der Waals surface area contributed by atoms with Gasteiger partial charge in [0.2, 0.25) is 0 Å². The second-order valence-corrected chi connectivity index (χ2v) is 2.69. The van der Waals surface area contributed by atoms with E-state index in [9.17, 15) is 4.39 Å². The van der Waals surface area contributed by atoms with Crippen molar-refractivity contribution >= 4 is 17.4 Å². The Kier molecular flexibility index (Phi) is 1.83. The summed E-state index contributed by atoms with van der Waals surface area (Å²) < 4.78 is 12.5. The van der Waals surface area contributed by atoms with E-state index in [1.807, 2.05) is 0 Å². The number of hydrogen-bond donors (Lipinski definition) is 0. The number of thiophene rings is 1. The summed E-state index contributed by atoms with van der Waals surface area (Å²) in [7, 11) is 0. The van der Waals surface area contributed by atoms with Crippen molar-refractivity contribution in [1.29, 1.82) is 5.26 Å². The lowest BCUT2D eigenvalue weighted by molar-refractivity contribution is 0.654. The normalized spacial score (nSPS) is 8.80. The highest BCUT2D eigenvalue weighted by Gasteiger charge is 2.04. The minimum absolute atomic E-state index is 0.0971. The van der Waals surface area contributed by atoms with Crippen molar-refractivity contribution in [1.82, 2.24) is 0 Å². The smallest absolute Gasteiger partial charge is 0.194 e. The number of hydrogen-bond acceptors (Lipinski definition) is 2. The zero-order valence-electron chi connectivity index (χ0n) is 5.10. The SMILES string of the molecule is C=Cc1cc(C#N)c(F)s1. The predicted molar refractivity (Wildman–Crippen MR) is 39.1 cm³/mol. The van der Waals surface area contributed by atoms with Gasteiger partial charge in [-0.1, -0.05) is 12.7 Å². The van der Waals surface area contributed by atoms with Gasteiger partial charge in [-0.2, -0.15) is 9.65 Å². The molecule has 0 N–H and O–H groups in total. The van der Waals surface area contributed by atoms with Crippen LogP contribution in [0.1, 0.15) is 10.4 Å². The average molecular weight is 153 g/mol. The van der Waals surface area contributed by atoms with E-state index in [0.29, 0.717) is 4.88 Å². The van der Waals surface area contributed by atoms with Crippen molar-refractivity contribution in [3.63, 3.8) is 0 Å². The van der Waals surface area contributed by atoms with Gasteiger partial charge in [-0.3, -0.25) is 0 Å². The van der Waals surface area contributed by atoms with Crippen LogP contribution in [-0.4, -0.2) is 0 Å². The Hall–Kier alpha value is -1.14. The van der Waals surface area contributed by atoms with Crippen LogP contribution >= 0.6 is 11.3 Å². The second-order valence-electron chi connectivity index (χ2n) is 1.65. The molecule has 0 spiro atoms. The molecule has 50 valence electrons. The van der Waals surface area contributed by atoms with Crippen LogP contribution in [0.2, 0.25) is 0 Å². The predicted octanol–water partition coefficient (Wildman–Crippen LogP) is 2.40. The van der Waals surface area contributed by atoms with E-state index in [1.54, 1.807) is 6.07 Å². The van der Waals surface area contributed by atoms with Gasteiger partial charge in [0.25, 0.3) is 0 Å². The van der Waals surface area contributed by atoms with Crippen LogP contribution in [0, 0.1) is 16.5 Å². The van der Waals surface area contributed by atoms with Crippen LogP contribution in [0.15, 0.2) is 12.6 Å². The summed E-state index contributed by atoms with van der Waals surface area (Å²) in [5, 5.41) is 7.88. The molecule has 1 rings (SSSR count). The van der Waals surface area contributed by atoms with Gasteiger partial charge < -0.3 is 0 Å². The molecule has 10 heavy (non-hydrogen) atoms. The second kappa shape index (κ2) is 2.63. The number of rotatable bonds is 1. The molecule has 0 aromatic carbocycles. The molecule has 1 nitrogen and oxygen atoms in total. The Morgan fingerprint density at radius 1 is 1.80 bits per heavy atom. The maximum atomic E-state index is 12.5. The van der Waals surface area contributed by atoms with Crippen LogP contribution in [0.3, 0.4) is 0 Å². The molecule has 3 heteroatoms. The van der Waals surface area contributed by atoms with E-state index in [1.165, 1.54) is 12.1 Å². The lowest BCUT2D eigenvalue weighted by Crippen LogP contribution is -1.67. The summed E-state index contributed by atoms with van der Waals surface area (Å²) in [5.74, 6) is 0. The average Bonchev–Trinajstić information content (AvgIpc) is 2.30. The molecule has 0 radical (unpaired) electrons. The van der Waals surface area contributed by atoms with Crippen molar-refractivity contribution in [2.45, 2.75) is 0 Å². The third kappa shape index (κ3) is 1.07. The highest BCUT2D eigenvalue weighted by molar-refractivity contribution is 7.11. The maximum Gasteiger partial charge on any atom is 0.194 e. The summed E-state index contributed by atoms with van der Waals surface area (Å²) in [6.45, 7) is 3.45. The van der Waals surface area contributed by atoms with Gasteiger partial charge in [-0.05, 0) is 6.07 Å². The summed E-state index contributed by atoms with van der Waals surface area (Å²) in [5.41, 5.74) is 0.0971. The molecule has 0 saturated carbocycles. The van der Waals surface area contributed by atoms with Crippen molar-refractivity contribution in [2.75, 3.05) is 0 Å². The first-order valence-electron chi connectivity index (χ1n) is 2.60. The fourth-order valence-corrected chi connectivity index (χ4v) is 1.25. The third-order valence-corrected chi connectivity index (χ3v) is 1.95. The zero-order valence-corrected chi connectivity index (χ0v) is 5.91. The van der Waals surface area contributed by atoms with Crippen molar-refractivity contribution < 1.29 is 4.39 Å². The Balaban J connectivity index is 3.19. The van der Waals surface area contributed by atoms with Crippen LogP contribution in [-0.2, 0) is 0 Å². The zero-order chi connectivity index (χ0) is 7.56. The van der Waals surface area contributed by atoms with Gasteiger partial charge in [0.1, 0.15) is 6.07 Å². The van der Waals surface area contributed by atoms with Crippen molar-refractivity contribution in [3.05, 3.63) is 28.2 Å². The van der Waals surface area contributed by atoms with Crippen LogP contribution < -0.4 is 0 Å². The number of halogens is 1. The molecular weight excluding hydrogens is 149 g/mol. The molecule has 1 aromatic heterocycles. The minimum atomic E-state index is -0.433. The summed E-state index contributed by atoms with van der Waals surface area (Å²) >= 11 is 0.932. The molecule has 1 aromatic rings. The molecular formula is C7H4FNS. The molecule has 0 saturated heterocycles. The molecule has 1 heterocycles. The van der Waals surface area contributed by atoms with E-state index < -0.39 is 5.13 Å². The maximum absolute atomic E-state index is 12.5. The van der Waals surface area contributed by atoms with Crippen LogP contribution in [0.4, 0.5) is 4.39 Å². The molecule has 0 aliphatic carbocycles. The van der Waals surface area contributed by atoms with E-state index in [-0.39, 0.29) is 5.56 Å². The Morgan fingerprint density at radius 2 is 2.50 bits per heavy atom. The molecule has 0 fully saturated rings. The summed E-state index contributed by atoms with van der Waals surface area (Å²) in [6.07, 6.45) is 1.52. The minimum Gasteiger partial charge on any atom is -0.194 e. The van der Waals surface area contributed by atoms with E-state index >= 15 is 0 Å². The lowest BCUT2D eigenvalue weighted by Gasteiger charge is -1.72. The van der Waals surface area contributed by atoms with Crippen LogP contribution in [0.25, 0.3) is 6.08 Å². The number of nitriles is 1. The first kappa shape index (κ1) is 6.97. The van der Waals surface area contributed by atoms with Gasteiger partial charge in [0.15, 0.2) is 5.13 Å². The first-order chi connectivity index (χ1) is 4.77. The largest absolute Gasteiger partial charge is 0.194 e. The topological polar surface area (TPSA) is 23.8 Å². The molecule has 0 aliphatic heterocycles. The van der Waals surface area contributed by atoms with Gasteiger partial charge in [0, 0.05) is 4.88 Å². The fourth-order valence-electron chi connectivity index (χ4n) is 0.564. The van der Waals surface area contributed by atoms with E-state index in [0.717, 1.165) is 11.3 Å². The summed E-state index contributed by atoms with van der Waals surface area (Å²) in [6, 6.07) is 3.22. The first-order valence-corrected chi connectivity index (χ1v) is 3.41. The highest BCUT2D eigenvalue weighted by Crippen LogP contribution is 2.20. The third-order valence-electron chi connectivity index (χ3n) is 1.03. The van der Waals surface area contributed by atoms with Crippen molar-refractivity contribution in [3.8, 4) is 6.07 Å². The lowest BCUT2D eigenvalue weighted by atomic mass is 10.3. The molecule has 0 atom stereocenters. The van der Waals surface area contributed by atoms with Gasteiger partial charge in [-0.25, -0.2) is 0 Å². The van der Waals surface area contributed by atoms with E-state index in [2.05, 4.69) is 6.58 Å². The van der Waals surface area contributed by atoms with Crippen molar-refractivity contribution in [2.24, 2.45) is 0 Å². The number of nitrogens with zero attached hydrogens (tertiary/aromatic N) is 1. The highest BCUT2D eigenvalue weighted by atomic mass is 32.1. The Labute approximate surface area is 62.0 Å². The Bertz CT molecular complexity index is 295. The fraction of sp³-hybridized carbons (Fsp3) is 0. The van der Waals surface area contributed by atoms with Gasteiger partial charge in [-0.15, -0.1) is 11.3 Å². The summed E-state index contributed by atoms with van der Waals surface area (Å²) in [4.78, 5) is 0.689. The Morgan fingerprint density at radius 3 is 2.80 bits per heavy atom. The molecule has 0 amide bonds. The molecule has 0 aliphatic rings. The monoisotopic (exact) mass is 153 g/mol. The standard InChI is InChI=1S/C7H4FNS/c1-2-6-3-5(4-9)7(8)10-6/h2-3H,1H2. The molecule has 0 unspecified atom stereocenters. The van der Waals surface area contributed by atoms with Gasteiger partial charge >= 0.3 is 0 Å². The van der Waals surface area contributed by atoms with Gasteiger partial charge in [0.05, 0.1) is 5.56 Å². The van der Waals surface area contributed by atoms with Crippen LogP contribution in [0.5, 0.6) is 0 Å². The quantitative estimate of drug-likeness (QED) is 0.607.